The van der Waals surface area contributed by atoms with Crippen LogP contribution in [-0.4, -0.2) is 31.6 Å². The number of ether oxygens (including phenoxy) is 2. The summed E-state index contributed by atoms with van der Waals surface area (Å²) in [4.78, 5) is 22.1. The summed E-state index contributed by atoms with van der Waals surface area (Å²) in [5.41, 5.74) is 0.909. The summed E-state index contributed by atoms with van der Waals surface area (Å²) in [5.74, 6) is 0. The van der Waals surface area contributed by atoms with Crippen LogP contribution in [0.25, 0.3) is 0 Å². The van der Waals surface area contributed by atoms with Crippen molar-refractivity contribution in [2.45, 2.75) is 26.1 Å². The van der Waals surface area contributed by atoms with Gasteiger partial charge in [0, 0.05) is 6.61 Å². The third-order valence-corrected chi connectivity index (χ3v) is 2.35. The van der Waals surface area contributed by atoms with Crippen LogP contribution >= 0.6 is 0 Å². The zero-order valence-electron chi connectivity index (χ0n) is 11.0. The summed E-state index contributed by atoms with van der Waals surface area (Å²) < 4.78 is 10.2. The molecule has 0 saturated carbocycles. The van der Waals surface area contributed by atoms with E-state index in [-0.39, 0.29) is 13.2 Å². The fourth-order valence-corrected chi connectivity index (χ4v) is 1.37. The Bertz CT molecular complexity index is 380. The van der Waals surface area contributed by atoms with Gasteiger partial charge in [0.1, 0.15) is 12.7 Å². The molecule has 0 saturated heterocycles. The van der Waals surface area contributed by atoms with E-state index in [4.69, 9.17) is 9.47 Å². The minimum Gasteiger partial charge on any atom is -0.445 e. The molecule has 1 aromatic carbocycles. The number of benzene rings is 1. The Kier molecular flexibility index (Phi) is 7.27. The van der Waals surface area contributed by atoms with Crippen LogP contribution in [0.2, 0.25) is 0 Å². The molecular formula is C14H19NO4. The Morgan fingerprint density at radius 1 is 1.37 bits per heavy atom. The minimum atomic E-state index is -0.621. The zero-order valence-corrected chi connectivity index (χ0v) is 11.0. The van der Waals surface area contributed by atoms with Crippen LogP contribution in [0.5, 0.6) is 0 Å². The van der Waals surface area contributed by atoms with E-state index in [1.54, 1.807) is 0 Å². The fourth-order valence-electron chi connectivity index (χ4n) is 1.37. The van der Waals surface area contributed by atoms with Gasteiger partial charge in [-0.15, -0.1) is 0 Å². The van der Waals surface area contributed by atoms with Gasteiger partial charge in [0.15, 0.2) is 6.29 Å². The molecule has 0 spiro atoms. The summed E-state index contributed by atoms with van der Waals surface area (Å²) in [6, 6.07) is 9.37. The van der Waals surface area contributed by atoms with Gasteiger partial charge in [-0.25, -0.2) is 4.79 Å². The van der Waals surface area contributed by atoms with Crippen molar-refractivity contribution < 1.29 is 19.1 Å². The standard InChI is InChI=1S/C14H19NO4/c1-2-8-18-13(10-16)9-15-14(17)19-11-12-6-4-3-5-7-12/h3-7,10,13H,2,8-9,11H2,1H3,(H,15,17)/t13-/m0/s1. The van der Waals surface area contributed by atoms with Crippen LogP contribution < -0.4 is 5.32 Å². The maximum absolute atomic E-state index is 11.4. The lowest BCUT2D eigenvalue weighted by molar-refractivity contribution is -0.117. The van der Waals surface area contributed by atoms with Crippen molar-refractivity contribution >= 4 is 12.4 Å². The van der Waals surface area contributed by atoms with Gasteiger partial charge in [0.25, 0.3) is 0 Å². The smallest absolute Gasteiger partial charge is 0.407 e. The number of rotatable bonds is 8. The summed E-state index contributed by atoms with van der Waals surface area (Å²) in [5, 5.41) is 2.50. The van der Waals surface area contributed by atoms with Gasteiger partial charge < -0.3 is 19.6 Å². The maximum atomic E-state index is 11.4. The van der Waals surface area contributed by atoms with Crippen LogP contribution in [0.1, 0.15) is 18.9 Å². The summed E-state index contributed by atoms with van der Waals surface area (Å²) in [6.45, 7) is 2.76. The lowest BCUT2D eigenvalue weighted by atomic mass is 10.2. The molecule has 19 heavy (non-hydrogen) atoms. The SMILES string of the molecule is CCCO[C@H](C=O)CNC(=O)OCc1ccccc1. The van der Waals surface area contributed by atoms with E-state index in [9.17, 15) is 9.59 Å². The highest BCUT2D eigenvalue weighted by atomic mass is 16.5. The van der Waals surface area contributed by atoms with Gasteiger partial charge in [-0.1, -0.05) is 37.3 Å². The molecule has 1 amide bonds. The molecule has 1 N–H and O–H groups in total. The van der Waals surface area contributed by atoms with Crippen molar-refractivity contribution in [1.29, 1.82) is 0 Å². The maximum Gasteiger partial charge on any atom is 0.407 e. The summed E-state index contributed by atoms with van der Waals surface area (Å²) >= 11 is 0. The first kappa shape index (κ1) is 15.2. The van der Waals surface area contributed by atoms with E-state index < -0.39 is 12.2 Å². The van der Waals surface area contributed by atoms with E-state index >= 15 is 0 Å². The number of hydrogen-bond acceptors (Lipinski definition) is 4. The van der Waals surface area contributed by atoms with Crippen LogP contribution in [0.4, 0.5) is 4.79 Å². The Balaban J connectivity index is 2.21. The summed E-state index contributed by atoms with van der Waals surface area (Å²) in [6.07, 6.45) is 0.315. The lowest BCUT2D eigenvalue weighted by Gasteiger charge is -2.12. The number of carbonyl (C=O) groups is 2. The monoisotopic (exact) mass is 265 g/mol. The molecule has 0 heterocycles. The molecule has 104 valence electrons. The predicted octanol–water partition coefficient (Wildman–Crippen LogP) is 1.91. The van der Waals surface area contributed by atoms with E-state index in [1.807, 2.05) is 37.3 Å². The molecule has 5 heteroatoms. The number of carbonyl (C=O) groups excluding carboxylic acids is 2. The van der Waals surface area contributed by atoms with Gasteiger partial charge in [-0.2, -0.15) is 0 Å². The number of hydrogen-bond donors (Lipinski definition) is 1. The largest absolute Gasteiger partial charge is 0.445 e. The number of nitrogens with one attached hydrogen (secondary N) is 1. The van der Waals surface area contributed by atoms with Crippen molar-refractivity contribution in [3.05, 3.63) is 35.9 Å². The lowest BCUT2D eigenvalue weighted by Crippen LogP contribution is -2.35. The molecule has 1 atom stereocenters. The quantitative estimate of drug-likeness (QED) is 0.729. The minimum absolute atomic E-state index is 0.122. The zero-order chi connectivity index (χ0) is 13.9. The molecule has 0 aliphatic carbocycles. The average molecular weight is 265 g/mol. The Morgan fingerprint density at radius 2 is 2.11 bits per heavy atom. The predicted molar refractivity (Wildman–Crippen MR) is 70.7 cm³/mol. The van der Waals surface area contributed by atoms with Gasteiger partial charge in [0.05, 0.1) is 6.54 Å². The first-order chi connectivity index (χ1) is 9.26. The Labute approximate surface area is 112 Å². The highest BCUT2D eigenvalue weighted by Crippen LogP contribution is 2.00. The van der Waals surface area contributed by atoms with Crippen LogP contribution in [0.3, 0.4) is 0 Å². The Morgan fingerprint density at radius 3 is 2.74 bits per heavy atom. The first-order valence-electron chi connectivity index (χ1n) is 6.27. The highest BCUT2D eigenvalue weighted by molar-refractivity contribution is 5.68. The fraction of sp³-hybridized carbons (Fsp3) is 0.429. The van der Waals surface area contributed by atoms with Crippen molar-refractivity contribution in [3.8, 4) is 0 Å². The Hall–Kier alpha value is -1.88. The number of aldehydes is 1. The van der Waals surface area contributed by atoms with E-state index in [0.717, 1.165) is 12.0 Å². The molecule has 0 bridgehead atoms. The number of amides is 1. The molecule has 0 aliphatic heterocycles. The second-order valence-corrected chi connectivity index (χ2v) is 3.99. The molecule has 0 fully saturated rings. The van der Waals surface area contributed by atoms with E-state index in [1.165, 1.54) is 0 Å². The van der Waals surface area contributed by atoms with E-state index in [2.05, 4.69) is 5.32 Å². The second-order valence-electron chi connectivity index (χ2n) is 3.99. The van der Waals surface area contributed by atoms with Gasteiger partial charge >= 0.3 is 6.09 Å². The molecule has 0 unspecified atom stereocenters. The van der Waals surface area contributed by atoms with Crippen molar-refractivity contribution in [1.82, 2.24) is 5.32 Å². The highest BCUT2D eigenvalue weighted by Gasteiger charge is 2.10. The summed E-state index contributed by atoms with van der Waals surface area (Å²) in [7, 11) is 0. The first-order valence-corrected chi connectivity index (χ1v) is 6.27. The van der Waals surface area contributed by atoms with E-state index in [0.29, 0.717) is 12.9 Å². The van der Waals surface area contributed by atoms with Crippen LogP contribution in [0.15, 0.2) is 30.3 Å². The van der Waals surface area contributed by atoms with Gasteiger partial charge in [-0.05, 0) is 12.0 Å². The van der Waals surface area contributed by atoms with Gasteiger partial charge in [0.2, 0.25) is 0 Å². The number of alkyl carbamates (subject to hydrolysis) is 1. The normalized spacial score (nSPS) is 11.6. The molecular weight excluding hydrogens is 246 g/mol. The van der Waals surface area contributed by atoms with Crippen LogP contribution in [0, 0.1) is 0 Å². The molecule has 5 nitrogen and oxygen atoms in total. The average Bonchev–Trinajstić information content (AvgIpc) is 2.46. The molecule has 1 aromatic rings. The molecule has 0 aliphatic rings. The molecule has 0 aromatic heterocycles. The third kappa shape index (κ3) is 6.57. The topological polar surface area (TPSA) is 64.6 Å². The second kappa shape index (κ2) is 9.10. The van der Waals surface area contributed by atoms with Gasteiger partial charge in [-0.3, -0.25) is 0 Å². The van der Waals surface area contributed by atoms with Crippen molar-refractivity contribution in [2.75, 3.05) is 13.2 Å². The third-order valence-electron chi connectivity index (χ3n) is 2.35. The molecule has 0 radical (unpaired) electrons. The van der Waals surface area contributed by atoms with Crippen molar-refractivity contribution in [3.63, 3.8) is 0 Å². The van der Waals surface area contributed by atoms with Crippen molar-refractivity contribution in [2.24, 2.45) is 0 Å². The molecule has 1 rings (SSSR count). The van der Waals surface area contributed by atoms with Crippen LogP contribution in [-0.2, 0) is 20.9 Å².